The summed E-state index contributed by atoms with van der Waals surface area (Å²) in [5, 5.41) is 4.84. The smallest absolute Gasteiger partial charge is 0.0727 e. The number of hydrogen-bond acceptors (Lipinski definition) is 2. The fraction of sp³-hybridized carbons (Fsp3) is 0.0145. The van der Waals surface area contributed by atoms with E-state index in [0.717, 1.165) is 34.1 Å². The minimum atomic E-state index is -0.604. The van der Waals surface area contributed by atoms with E-state index in [9.17, 15) is 0 Å². The molecule has 0 radical (unpaired) electrons. The van der Waals surface area contributed by atoms with E-state index < -0.39 is 5.41 Å². The van der Waals surface area contributed by atoms with Crippen LogP contribution in [-0.4, -0.2) is 0 Å². The van der Waals surface area contributed by atoms with Crippen LogP contribution >= 0.6 is 0 Å². The van der Waals surface area contributed by atoms with Crippen LogP contribution in [0, 0.1) is 0 Å². The van der Waals surface area contributed by atoms with Crippen LogP contribution < -0.4 is 9.80 Å². The van der Waals surface area contributed by atoms with Crippen LogP contribution in [0.2, 0.25) is 0 Å². The molecule has 12 aromatic carbocycles. The van der Waals surface area contributed by atoms with Crippen LogP contribution in [-0.2, 0) is 5.41 Å². The van der Waals surface area contributed by atoms with Crippen LogP contribution in [0.25, 0.3) is 66.1 Å². The molecule has 0 aromatic heterocycles. The van der Waals surface area contributed by atoms with Gasteiger partial charge in [-0.2, -0.15) is 0 Å². The van der Waals surface area contributed by atoms with Crippen LogP contribution in [0.4, 0.5) is 34.1 Å². The van der Waals surface area contributed by atoms with Crippen LogP contribution in [0.15, 0.2) is 279 Å². The largest absolute Gasteiger partial charge is 0.310 e. The number of para-hydroxylation sites is 2. The first kappa shape index (κ1) is 40.8. The Kier molecular flexibility index (Phi) is 9.47. The zero-order valence-corrected chi connectivity index (χ0v) is 39.0. The number of benzene rings is 12. The van der Waals surface area contributed by atoms with Crippen molar-refractivity contribution in [3.8, 4) is 44.5 Å². The van der Waals surface area contributed by atoms with Gasteiger partial charge in [-0.25, -0.2) is 0 Å². The van der Waals surface area contributed by atoms with Gasteiger partial charge < -0.3 is 9.80 Å². The van der Waals surface area contributed by atoms with Crippen molar-refractivity contribution < 1.29 is 0 Å². The monoisotopic (exact) mass is 902 g/mol. The Labute approximate surface area is 414 Å². The molecule has 0 bridgehead atoms. The van der Waals surface area contributed by atoms with Crippen molar-refractivity contribution in [3.63, 3.8) is 0 Å². The molecule has 0 fully saturated rings. The molecule has 1 unspecified atom stereocenters. The highest BCUT2D eigenvalue weighted by Gasteiger charge is 2.52. The number of fused-ring (bicyclic) bond motifs is 12. The molecule has 0 saturated heterocycles. The summed E-state index contributed by atoms with van der Waals surface area (Å²) in [5.41, 5.74) is 21.1. The normalized spacial score (nSPS) is 14.0. The van der Waals surface area contributed by atoms with E-state index in [2.05, 4.69) is 289 Å². The molecule has 2 aliphatic rings. The molecule has 71 heavy (non-hydrogen) atoms. The third-order valence-corrected chi connectivity index (χ3v) is 15.0. The van der Waals surface area contributed by atoms with Crippen molar-refractivity contribution >= 4 is 55.7 Å². The highest BCUT2D eigenvalue weighted by Crippen LogP contribution is 2.64. The lowest BCUT2D eigenvalue weighted by atomic mass is 9.70. The van der Waals surface area contributed by atoms with Gasteiger partial charge in [-0.15, -0.1) is 0 Å². The summed E-state index contributed by atoms with van der Waals surface area (Å²) < 4.78 is 0. The molecule has 1 atom stereocenters. The lowest BCUT2D eigenvalue weighted by Gasteiger charge is -2.34. The van der Waals surface area contributed by atoms with E-state index >= 15 is 0 Å². The van der Waals surface area contributed by atoms with Gasteiger partial charge in [-0.1, -0.05) is 218 Å². The van der Waals surface area contributed by atoms with E-state index in [1.54, 1.807) is 0 Å². The van der Waals surface area contributed by atoms with E-state index in [0.29, 0.717) is 0 Å². The van der Waals surface area contributed by atoms with Crippen molar-refractivity contribution in [2.45, 2.75) is 5.41 Å². The van der Waals surface area contributed by atoms with Gasteiger partial charge in [0.15, 0.2) is 0 Å². The zero-order valence-electron chi connectivity index (χ0n) is 39.0. The molecule has 2 aliphatic carbocycles. The Bertz CT molecular complexity index is 3970. The first-order chi connectivity index (χ1) is 35.2. The second-order valence-corrected chi connectivity index (χ2v) is 18.8. The van der Waals surface area contributed by atoms with Crippen LogP contribution in [0.5, 0.6) is 0 Å². The molecule has 0 N–H and O–H groups in total. The van der Waals surface area contributed by atoms with E-state index in [1.807, 2.05) is 0 Å². The fourth-order valence-electron chi connectivity index (χ4n) is 12.0. The third-order valence-electron chi connectivity index (χ3n) is 15.0. The summed E-state index contributed by atoms with van der Waals surface area (Å²) in [5.74, 6) is 0. The van der Waals surface area contributed by atoms with Crippen molar-refractivity contribution in [2.24, 2.45) is 0 Å². The minimum absolute atomic E-state index is 0.604. The summed E-state index contributed by atoms with van der Waals surface area (Å²) in [6, 6.07) is 103. The first-order valence-corrected chi connectivity index (χ1v) is 24.6. The Hall–Kier alpha value is -9.24. The average molecular weight is 903 g/mol. The lowest BCUT2D eigenvalue weighted by molar-refractivity contribution is 0.793. The van der Waals surface area contributed by atoms with Crippen LogP contribution in [0.1, 0.15) is 22.3 Å². The lowest BCUT2D eigenvalue weighted by Crippen LogP contribution is -2.26. The summed E-state index contributed by atoms with van der Waals surface area (Å²) in [6.45, 7) is 0. The number of nitrogens with zero attached hydrogens (tertiary/aromatic N) is 2. The van der Waals surface area contributed by atoms with Gasteiger partial charge in [0, 0.05) is 33.7 Å². The van der Waals surface area contributed by atoms with Crippen molar-refractivity contribution in [1.29, 1.82) is 0 Å². The van der Waals surface area contributed by atoms with Gasteiger partial charge in [0.2, 0.25) is 0 Å². The maximum atomic E-state index is 2.51. The van der Waals surface area contributed by atoms with Crippen molar-refractivity contribution in [3.05, 3.63) is 301 Å². The predicted molar refractivity (Wildman–Crippen MR) is 298 cm³/mol. The van der Waals surface area contributed by atoms with Gasteiger partial charge >= 0.3 is 0 Å². The molecule has 12 aromatic rings. The van der Waals surface area contributed by atoms with E-state index in [-0.39, 0.29) is 0 Å². The summed E-state index contributed by atoms with van der Waals surface area (Å²) in [4.78, 5) is 4.93. The maximum Gasteiger partial charge on any atom is 0.0727 e. The fourth-order valence-corrected chi connectivity index (χ4v) is 12.0. The molecule has 0 aliphatic heterocycles. The standard InChI is InChI=1S/C69H46N2/c1-4-19-47(20-5-1)48-35-37-51(38-36-48)68-57-29-13-11-22-50(57)39-44-67(68)71(53-26-8-3-9-27-53)55-41-43-61-59-31-15-17-33-63(59)69(65(61)46-55)62-32-16-14-30-58(62)60-42-40-54(45-64(60)69)70(52-24-6-2-7-25-52)66-34-18-23-49-21-10-12-28-56(49)66/h1-46H. The van der Waals surface area contributed by atoms with Crippen LogP contribution in [0.3, 0.4) is 0 Å². The number of hydrogen-bond donors (Lipinski definition) is 0. The molecule has 0 amide bonds. The Morgan fingerprint density at radius 1 is 0.239 bits per heavy atom. The van der Waals surface area contributed by atoms with Gasteiger partial charge in [-0.3, -0.25) is 0 Å². The third kappa shape index (κ3) is 6.35. The topological polar surface area (TPSA) is 6.48 Å². The van der Waals surface area contributed by atoms with Gasteiger partial charge in [0.1, 0.15) is 0 Å². The summed E-state index contributed by atoms with van der Waals surface area (Å²) in [6.07, 6.45) is 0. The predicted octanol–water partition coefficient (Wildman–Crippen LogP) is 18.6. The molecular weight excluding hydrogens is 857 g/mol. The number of anilines is 6. The minimum Gasteiger partial charge on any atom is -0.310 e. The van der Waals surface area contributed by atoms with Gasteiger partial charge in [0.05, 0.1) is 16.8 Å². The molecule has 1 spiro atoms. The molecule has 2 nitrogen and oxygen atoms in total. The second kappa shape index (κ2) is 16.5. The Morgan fingerprint density at radius 3 is 1.28 bits per heavy atom. The van der Waals surface area contributed by atoms with E-state index in [1.165, 1.54) is 88.3 Å². The SMILES string of the molecule is c1ccc(-c2ccc(-c3c(N(c4ccccc4)c4ccc5c(c4)C4(c6ccccc6-5)c5ccccc5-c5ccc(N(c6ccccc6)c6cccc7ccccc67)cc54)ccc4ccccc34)cc2)cc1. The van der Waals surface area contributed by atoms with E-state index in [4.69, 9.17) is 0 Å². The van der Waals surface area contributed by atoms with Gasteiger partial charge in [-0.05, 0) is 138 Å². The zero-order chi connectivity index (χ0) is 46.9. The highest BCUT2D eigenvalue weighted by molar-refractivity contribution is 6.06. The second-order valence-electron chi connectivity index (χ2n) is 18.8. The quantitative estimate of drug-likeness (QED) is 0.150. The maximum absolute atomic E-state index is 2.51. The molecular formula is C69H46N2. The number of rotatable bonds is 8. The van der Waals surface area contributed by atoms with Gasteiger partial charge in [0.25, 0.3) is 0 Å². The molecule has 0 heterocycles. The first-order valence-electron chi connectivity index (χ1n) is 24.6. The summed E-state index contributed by atoms with van der Waals surface area (Å²) in [7, 11) is 0. The molecule has 332 valence electrons. The highest BCUT2D eigenvalue weighted by atomic mass is 15.2. The summed E-state index contributed by atoms with van der Waals surface area (Å²) >= 11 is 0. The van der Waals surface area contributed by atoms with Crippen molar-refractivity contribution in [2.75, 3.05) is 9.80 Å². The van der Waals surface area contributed by atoms with Crippen molar-refractivity contribution in [1.82, 2.24) is 0 Å². The average Bonchev–Trinajstić information content (AvgIpc) is 3.91. The molecule has 14 rings (SSSR count). The molecule has 2 heteroatoms. The Morgan fingerprint density at radius 2 is 0.676 bits per heavy atom. The Balaban J connectivity index is 1.01. The molecule has 0 saturated carbocycles.